The van der Waals surface area contributed by atoms with Crippen molar-refractivity contribution in [3.05, 3.63) is 35.9 Å². The van der Waals surface area contributed by atoms with E-state index in [4.69, 9.17) is 6.42 Å². The van der Waals surface area contributed by atoms with Crippen LogP contribution in [0.15, 0.2) is 40.4 Å². The summed E-state index contributed by atoms with van der Waals surface area (Å²) in [4.78, 5) is 21.4. The number of para-hydroxylation sites is 2. The van der Waals surface area contributed by atoms with Gasteiger partial charge in [-0.15, -0.1) is 11.5 Å². The molecule has 0 atom stereocenters. The van der Waals surface area contributed by atoms with Crippen LogP contribution >= 0.6 is 0 Å². The molecule has 8 heteroatoms. The van der Waals surface area contributed by atoms with E-state index in [-0.39, 0.29) is 12.6 Å². The molecule has 2 aliphatic heterocycles. The summed E-state index contributed by atoms with van der Waals surface area (Å²) in [5.41, 5.74) is 2.41. The largest absolute Gasteiger partial charge is 0.361 e. The minimum absolute atomic E-state index is 0.0894. The van der Waals surface area contributed by atoms with Crippen LogP contribution in [0.2, 0.25) is 0 Å². The van der Waals surface area contributed by atoms with Crippen molar-refractivity contribution < 1.29 is 4.79 Å². The summed E-state index contributed by atoms with van der Waals surface area (Å²) in [7, 11) is 0. The van der Waals surface area contributed by atoms with Crippen LogP contribution in [-0.2, 0) is 0 Å². The molecule has 3 heterocycles. The Hall–Kier alpha value is -3.34. The Morgan fingerprint density at radius 1 is 1.36 bits per heavy atom. The van der Waals surface area contributed by atoms with Crippen molar-refractivity contribution in [2.24, 2.45) is 10.3 Å². The number of aromatic nitrogens is 2. The minimum Gasteiger partial charge on any atom is -0.361 e. The lowest BCUT2D eigenvalue weighted by Gasteiger charge is -2.24. The second-order valence-corrected chi connectivity index (χ2v) is 4.80. The Morgan fingerprint density at radius 3 is 3.05 bits per heavy atom. The zero-order valence-electron chi connectivity index (χ0n) is 11.4. The number of nitrogens with zero attached hydrogens (tertiary/aromatic N) is 5. The molecule has 0 fully saturated rings. The van der Waals surface area contributed by atoms with Gasteiger partial charge in [-0.05, 0) is 12.1 Å². The number of urea groups is 1. The summed E-state index contributed by atoms with van der Waals surface area (Å²) in [6.07, 6.45) is 5.21. The molecule has 0 saturated carbocycles. The third-order valence-corrected chi connectivity index (χ3v) is 3.46. The highest BCUT2D eigenvalue weighted by Gasteiger charge is 2.35. The zero-order valence-corrected chi connectivity index (χ0v) is 11.4. The Balaban J connectivity index is 1.78. The smallest absolute Gasteiger partial charge is 0.349 e. The summed E-state index contributed by atoms with van der Waals surface area (Å²) in [5.74, 6) is 3.44. The van der Waals surface area contributed by atoms with E-state index in [1.54, 1.807) is 0 Å². The first-order chi connectivity index (χ1) is 10.8. The number of rotatable bonds is 2. The second-order valence-electron chi connectivity index (χ2n) is 4.80. The summed E-state index contributed by atoms with van der Waals surface area (Å²) >= 11 is 0. The van der Waals surface area contributed by atoms with Gasteiger partial charge in [-0.25, -0.2) is 9.78 Å². The molecule has 0 saturated heterocycles. The Bertz CT molecular complexity index is 840. The number of hydrogen-bond donors (Lipinski definition) is 2. The lowest BCUT2D eigenvalue weighted by atomic mass is 10.3. The Kier molecular flexibility index (Phi) is 2.59. The van der Waals surface area contributed by atoms with Crippen molar-refractivity contribution in [1.82, 2.24) is 25.2 Å². The predicted molar refractivity (Wildman–Crippen MR) is 78.6 cm³/mol. The van der Waals surface area contributed by atoms with E-state index in [0.717, 1.165) is 16.0 Å². The molecule has 22 heavy (non-hydrogen) atoms. The van der Waals surface area contributed by atoms with Crippen LogP contribution in [0.25, 0.3) is 16.7 Å². The number of amides is 2. The first kappa shape index (κ1) is 12.4. The van der Waals surface area contributed by atoms with E-state index in [1.807, 2.05) is 24.3 Å². The summed E-state index contributed by atoms with van der Waals surface area (Å²) < 4.78 is 0. The van der Waals surface area contributed by atoms with E-state index in [1.165, 1.54) is 4.90 Å². The van der Waals surface area contributed by atoms with Crippen molar-refractivity contribution in [2.75, 3.05) is 13.2 Å². The molecule has 0 unspecified atom stereocenters. The Morgan fingerprint density at radius 2 is 2.23 bits per heavy atom. The SMILES string of the molecule is C#CCN1N=NC2=C(c3nc4ccccc4[nH]3)NCN2C1=O. The van der Waals surface area contributed by atoms with Crippen LogP contribution in [0.1, 0.15) is 5.82 Å². The summed E-state index contributed by atoms with van der Waals surface area (Å²) in [6, 6.07) is 7.39. The fourth-order valence-electron chi connectivity index (χ4n) is 2.43. The van der Waals surface area contributed by atoms with Crippen molar-refractivity contribution in [3.63, 3.8) is 0 Å². The van der Waals surface area contributed by atoms with Gasteiger partial charge in [-0.3, -0.25) is 4.90 Å². The maximum atomic E-state index is 12.2. The van der Waals surface area contributed by atoms with Crippen LogP contribution in [0.4, 0.5) is 4.79 Å². The van der Waals surface area contributed by atoms with Crippen LogP contribution in [-0.4, -0.2) is 39.1 Å². The fourth-order valence-corrected chi connectivity index (χ4v) is 2.43. The molecule has 0 bridgehead atoms. The van der Waals surface area contributed by atoms with E-state index in [2.05, 4.69) is 31.5 Å². The monoisotopic (exact) mass is 293 g/mol. The number of carbonyl (C=O) groups excluding carboxylic acids is 1. The number of aromatic amines is 1. The maximum absolute atomic E-state index is 12.2. The van der Waals surface area contributed by atoms with Gasteiger partial charge in [0.1, 0.15) is 12.2 Å². The number of hydrogen-bond acceptors (Lipinski definition) is 5. The van der Waals surface area contributed by atoms with Crippen LogP contribution in [0.5, 0.6) is 0 Å². The number of benzene rings is 1. The molecule has 2 amide bonds. The first-order valence-electron chi connectivity index (χ1n) is 6.65. The number of terminal acetylenes is 1. The average Bonchev–Trinajstić information content (AvgIpc) is 3.13. The van der Waals surface area contributed by atoms with Crippen LogP contribution < -0.4 is 5.32 Å². The lowest BCUT2D eigenvalue weighted by Crippen LogP contribution is -2.42. The van der Waals surface area contributed by atoms with Crippen LogP contribution in [0.3, 0.4) is 0 Å². The highest BCUT2D eigenvalue weighted by molar-refractivity contribution is 5.84. The summed E-state index contributed by atoms with van der Waals surface area (Å²) in [6.45, 7) is 0.396. The van der Waals surface area contributed by atoms with Gasteiger partial charge in [0.2, 0.25) is 0 Å². The first-order valence-corrected chi connectivity index (χ1v) is 6.65. The quantitative estimate of drug-likeness (QED) is 0.822. The topological polar surface area (TPSA) is 89.0 Å². The predicted octanol–water partition coefficient (Wildman–Crippen LogP) is 1.49. The Labute approximate surface area is 125 Å². The highest BCUT2D eigenvalue weighted by atomic mass is 16.2. The second kappa shape index (κ2) is 4.60. The van der Waals surface area contributed by atoms with Gasteiger partial charge in [0.25, 0.3) is 0 Å². The van der Waals surface area contributed by atoms with Gasteiger partial charge in [0.05, 0.1) is 17.7 Å². The molecule has 4 rings (SSSR count). The molecule has 2 N–H and O–H groups in total. The van der Waals surface area contributed by atoms with Gasteiger partial charge >= 0.3 is 6.03 Å². The number of imidazole rings is 1. The van der Waals surface area contributed by atoms with Gasteiger partial charge in [0, 0.05) is 0 Å². The van der Waals surface area contributed by atoms with Crippen molar-refractivity contribution in [3.8, 4) is 12.3 Å². The van der Waals surface area contributed by atoms with Crippen molar-refractivity contribution in [2.45, 2.75) is 0 Å². The standard InChI is InChI=1S/C14H11N7O/c1-2-7-21-14(22)20-8-15-11(13(20)18-19-21)12-16-9-5-3-4-6-10(9)17-12/h1,3-6,15H,7-8H2,(H,16,17). The third-order valence-electron chi connectivity index (χ3n) is 3.46. The molecule has 0 aliphatic carbocycles. The molecular formula is C14H11N7O. The molecular weight excluding hydrogens is 282 g/mol. The molecule has 1 aromatic heterocycles. The molecule has 0 radical (unpaired) electrons. The molecule has 8 nitrogen and oxygen atoms in total. The van der Waals surface area contributed by atoms with Crippen LogP contribution in [0, 0.1) is 12.3 Å². The molecule has 0 spiro atoms. The summed E-state index contributed by atoms with van der Waals surface area (Å²) in [5, 5.41) is 12.2. The van der Waals surface area contributed by atoms with E-state index >= 15 is 0 Å². The molecule has 2 aromatic rings. The molecule has 108 valence electrons. The van der Waals surface area contributed by atoms with Gasteiger partial charge in [0.15, 0.2) is 11.6 Å². The van der Waals surface area contributed by atoms with Gasteiger partial charge in [-0.2, -0.15) is 5.01 Å². The maximum Gasteiger partial charge on any atom is 0.349 e. The van der Waals surface area contributed by atoms with Crippen molar-refractivity contribution in [1.29, 1.82) is 0 Å². The minimum atomic E-state index is -0.304. The van der Waals surface area contributed by atoms with E-state index < -0.39 is 0 Å². The van der Waals surface area contributed by atoms with E-state index in [0.29, 0.717) is 24.0 Å². The number of nitrogens with one attached hydrogen (secondary N) is 2. The molecule has 1 aromatic carbocycles. The average molecular weight is 293 g/mol. The zero-order chi connectivity index (χ0) is 15.1. The number of fused-ring (bicyclic) bond motifs is 2. The van der Waals surface area contributed by atoms with Crippen molar-refractivity contribution >= 4 is 22.8 Å². The lowest BCUT2D eigenvalue weighted by molar-refractivity contribution is 0.160. The fraction of sp³-hybridized carbons (Fsp3) is 0.143. The highest BCUT2D eigenvalue weighted by Crippen LogP contribution is 2.28. The number of carbonyl (C=O) groups is 1. The normalized spacial score (nSPS) is 17.0. The van der Waals surface area contributed by atoms with Gasteiger partial charge in [-0.1, -0.05) is 23.3 Å². The third kappa shape index (κ3) is 1.73. The molecule has 2 aliphatic rings. The van der Waals surface area contributed by atoms with Gasteiger partial charge < -0.3 is 10.3 Å². The number of H-pyrrole nitrogens is 1. The van der Waals surface area contributed by atoms with E-state index in [9.17, 15) is 4.79 Å².